The maximum atomic E-state index is 13.3. The molecule has 4 rings (SSSR count). The lowest BCUT2D eigenvalue weighted by molar-refractivity contribution is 0.101. The highest BCUT2D eigenvalue weighted by Gasteiger charge is 2.19. The van der Waals surface area contributed by atoms with Gasteiger partial charge in [-0.15, -0.1) is 0 Å². The van der Waals surface area contributed by atoms with E-state index in [9.17, 15) is 4.79 Å². The summed E-state index contributed by atoms with van der Waals surface area (Å²) in [5, 5.41) is 7.61. The Morgan fingerprint density at radius 2 is 1.57 bits per heavy atom. The van der Waals surface area contributed by atoms with Gasteiger partial charge in [-0.05, 0) is 30.3 Å². The molecule has 0 radical (unpaired) electrons. The first-order valence-corrected chi connectivity index (χ1v) is 9.44. The molecule has 0 fully saturated rings. The van der Waals surface area contributed by atoms with E-state index in [0.717, 1.165) is 11.3 Å². The minimum absolute atomic E-state index is 0.305. The number of nitrogens with one attached hydrogen (secondary N) is 1. The standard InChI is InChI=1S/C24H21N3O3/c1-29-19-13-14-23(30-2)21(15-19)25-24(28)22-16-20(17-9-5-3-6-10-17)26-27(22)18-11-7-4-8-12-18/h3-16H,1-2H3,(H,25,28). The van der Waals surface area contributed by atoms with E-state index in [-0.39, 0.29) is 5.91 Å². The highest BCUT2D eigenvalue weighted by molar-refractivity contribution is 6.05. The van der Waals surface area contributed by atoms with Crippen molar-refractivity contribution >= 4 is 11.6 Å². The molecule has 0 atom stereocenters. The largest absolute Gasteiger partial charge is 0.497 e. The lowest BCUT2D eigenvalue weighted by atomic mass is 10.1. The number of anilines is 1. The van der Waals surface area contributed by atoms with Gasteiger partial charge >= 0.3 is 0 Å². The molecule has 0 aliphatic carbocycles. The van der Waals surface area contributed by atoms with E-state index < -0.39 is 0 Å². The van der Waals surface area contributed by atoms with Crippen LogP contribution in [0.3, 0.4) is 0 Å². The number of carbonyl (C=O) groups excluding carboxylic acids is 1. The molecule has 0 aliphatic rings. The van der Waals surface area contributed by atoms with Gasteiger partial charge < -0.3 is 14.8 Å². The van der Waals surface area contributed by atoms with Crippen LogP contribution >= 0.6 is 0 Å². The zero-order valence-corrected chi connectivity index (χ0v) is 16.7. The normalized spacial score (nSPS) is 10.5. The topological polar surface area (TPSA) is 65.4 Å². The first kappa shape index (κ1) is 19.3. The Morgan fingerprint density at radius 1 is 0.867 bits per heavy atom. The summed E-state index contributed by atoms with van der Waals surface area (Å²) < 4.78 is 12.3. The van der Waals surface area contributed by atoms with Gasteiger partial charge in [0.1, 0.15) is 17.2 Å². The van der Waals surface area contributed by atoms with Gasteiger partial charge in [0.25, 0.3) is 5.91 Å². The molecule has 0 saturated carbocycles. The zero-order chi connectivity index (χ0) is 20.9. The summed E-state index contributed by atoms with van der Waals surface area (Å²) >= 11 is 0. The van der Waals surface area contributed by atoms with E-state index in [1.807, 2.05) is 60.7 Å². The van der Waals surface area contributed by atoms with Crippen LogP contribution in [0.1, 0.15) is 10.5 Å². The van der Waals surface area contributed by atoms with Gasteiger partial charge in [-0.1, -0.05) is 48.5 Å². The van der Waals surface area contributed by atoms with E-state index in [1.54, 1.807) is 43.2 Å². The summed E-state index contributed by atoms with van der Waals surface area (Å²) in [6.45, 7) is 0. The molecule has 3 aromatic carbocycles. The van der Waals surface area contributed by atoms with Crippen molar-refractivity contribution in [3.05, 3.63) is 90.6 Å². The van der Waals surface area contributed by atoms with E-state index in [1.165, 1.54) is 0 Å². The molecule has 6 nitrogen and oxygen atoms in total. The number of hydrogen-bond acceptors (Lipinski definition) is 4. The molecule has 0 unspecified atom stereocenters. The highest BCUT2D eigenvalue weighted by Crippen LogP contribution is 2.30. The van der Waals surface area contributed by atoms with Crippen molar-refractivity contribution < 1.29 is 14.3 Å². The van der Waals surface area contributed by atoms with Gasteiger partial charge in [0.15, 0.2) is 0 Å². The maximum absolute atomic E-state index is 13.3. The average molecular weight is 399 g/mol. The van der Waals surface area contributed by atoms with Crippen molar-refractivity contribution in [3.8, 4) is 28.4 Å². The second-order valence-corrected chi connectivity index (χ2v) is 6.55. The molecule has 1 aromatic heterocycles. The molecular formula is C24H21N3O3. The average Bonchev–Trinajstić information content (AvgIpc) is 3.26. The highest BCUT2D eigenvalue weighted by atomic mass is 16.5. The van der Waals surface area contributed by atoms with Crippen LogP contribution in [-0.2, 0) is 0 Å². The Bertz CT molecular complexity index is 1160. The number of nitrogens with zero attached hydrogens (tertiary/aromatic N) is 2. The van der Waals surface area contributed by atoms with Gasteiger partial charge in [-0.2, -0.15) is 5.10 Å². The fourth-order valence-electron chi connectivity index (χ4n) is 3.16. The van der Waals surface area contributed by atoms with Gasteiger partial charge in [-0.25, -0.2) is 4.68 Å². The number of amides is 1. The first-order valence-electron chi connectivity index (χ1n) is 9.44. The fourth-order valence-corrected chi connectivity index (χ4v) is 3.16. The summed E-state index contributed by atoms with van der Waals surface area (Å²) in [6.07, 6.45) is 0. The Morgan fingerprint density at radius 3 is 2.23 bits per heavy atom. The van der Waals surface area contributed by atoms with Gasteiger partial charge in [0, 0.05) is 11.6 Å². The van der Waals surface area contributed by atoms with Gasteiger partial charge in [-0.3, -0.25) is 4.79 Å². The lowest BCUT2D eigenvalue weighted by Gasteiger charge is -2.12. The number of ether oxygens (including phenoxy) is 2. The third kappa shape index (κ3) is 3.89. The number of para-hydroxylation sites is 1. The third-order valence-corrected chi connectivity index (χ3v) is 4.67. The van der Waals surface area contributed by atoms with E-state index >= 15 is 0 Å². The summed E-state index contributed by atoms with van der Waals surface area (Å²) in [5.41, 5.74) is 3.36. The molecule has 30 heavy (non-hydrogen) atoms. The monoisotopic (exact) mass is 399 g/mol. The number of benzene rings is 3. The third-order valence-electron chi connectivity index (χ3n) is 4.67. The quantitative estimate of drug-likeness (QED) is 0.505. The van der Waals surface area contributed by atoms with Crippen molar-refractivity contribution in [2.45, 2.75) is 0 Å². The molecule has 0 saturated heterocycles. The lowest BCUT2D eigenvalue weighted by Crippen LogP contribution is -2.17. The van der Waals surface area contributed by atoms with Crippen LogP contribution in [0, 0.1) is 0 Å². The Balaban J connectivity index is 1.76. The molecule has 0 aliphatic heterocycles. The molecule has 1 heterocycles. The van der Waals surface area contributed by atoms with Crippen LogP contribution in [0.2, 0.25) is 0 Å². The Hall–Kier alpha value is -4.06. The van der Waals surface area contributed by atoms with Crippen LogP contribution < -0.4 is 14.8 Å². The number of rotatable bonds is 6. The number of aromatic nitrogens is 2. The van der Waals surface area contributed by atoms with E-state index in [2.05, 4.69) is 10.4 Å². The fraction of sp³-hybridized carbons (Fsp3) is 0.0833. The predicted octanol–water partition coefficient (Wildman–Crippen LogP) is 4.81. The molecule has 0 spiro atoms. The second kappa shape index (κ2) is 8.53. The molecule has 0 bridgehead atoms. The predicted molar refractivity (Wildman–Crippen MR) is 116 cm³/mol. The number of carbonyl (C=O) groups is 1. The SMILES string of the molecule is COc1ccc(OC)c(NC(=O)c2cc(-c3ccccc3)nn2-c2ccccc2)c1. The minimum Gasteiger partial charge on any atom is -0.497 e. The van der Waals surface area contributed by atoms with Crippen LogP contribution in [0.25, 0.3) is 16.9 Å². The molecule has 1 N–H and O–H groups in total. The summed E-state index contributed by atoms with van der Waals surface area (Å²) in [7, 11) is 3.13. The molecular weight excluding hydrogens is 378 g/mol. The zero-order valence-electron chi connectivity index (χ0n) is 16.7. The smallest absolute Gasteiger partial charge is 0.274 e. The summed E-state index contributed by atoms with van der Waals surface area (Å²) in [4.78, 5) is 13.3. The number of methoxy groups -OCH3 is 2. The van der Waals surface area contributed by atoms with Gasteiger partial charge in [0.2, 0.25) is 0 Å². The summed E-state index contributed by atoms with van der Waals surface area (Å²) in [6, 6.07) is 26.3. The number of hydrogen-bond donors (Lipinski definition) is 1. The van der Waals surface area contributed by atoms with Crippen molar-refractivity contribution in [2.24, 2.45) is 0 Å². The molecule has 4 aromatic rings. The molecule has 150 valence electrons. The van der Waals surface area contributed by atoms with Crippen LogP contribution in [0.15, 0.2) is 84.9 Å². The van der Waals surface area contributed by atoms with Crippen molar-refractivity contribution in [2.75, 3.05) is 19.5 Å². The minimum atomic E-state index is -0.305. The van der Waals surface area contributed by atoms with Crippen molar-refractivity contribution in [3.63, 3.8) is 0 Å². The van der Waals surface area contributed by atoms with Crippen molar-refractivity contribution in [1.29, 1.82) is 0 Å². The van der Waals surface area contributed by atoms with Crippen LogP contribution in [0.4, 0.5) is 5.69 Å². The first-order chi connectivity index (χ1) is 14.7. The van der Waals surface area contributed by atoms with Crippen molar-refractivity contribution in [1.82, 2.24) is 9.78 Å². The second-order valence-electron chi connectivity index (χ2n) is 6.55. The molecule has 6 heteroatoms. The Kier molecular flexibility index (Phi) is 5.48. The summed E-state index contributed by atoms with van der Waals surface area (Å²) in [5.74, 6) is 0.853. The van der Waals surface area contributed by atoms with Gasteiger partial charge in [0.05, 0.1) is 31.3 Å². The van der Waals surface area contributed by atoms with E-state index in [4.69, 9.17) is 9.47 Å². The molecule has 1 amide bonds. The van der Waals surface area contributed by atoms with E-state index in [0.29, 0.717) is 28.6 Å². The van der Waals surface area contributed by atoms with Crippen LogP contribution in [0.5, 0.6) is 11.5 Å². The van der Waals surface area contributed by atoms with Crippen LogP contribution in [-0.4, -0.2) is 29.9 Å². The Labute approximate surface area is 174 Å². The maximum Gasteiger partial charge on any atom is 0.274 e.